The zero-order valence-corrected chi connectivity index (χ0v) is 13.6. The van der Waals surface area contributed by atoms with Gasteiger partial charge < -0.3 is 5.11 Å². The van der Waals surface area contributed by atoms with Crippen molar-refractivity contribution in [2.75, 3.05) is 0 Å². The van der Waals surface area contributed by atoms with Crippen LogP contribution in [-0.2, 0) is 0 Å². The fourth-order valence-electron chi connectivity index (χ4n) is 2.26. The average Bonchev–Trinajstić information content (AvgIpc) is 3.06. The van der Waals surface area contributed by atoms with Gasteiger partial charge in [0.1, 0.15) is 6.33 Å². The highest BCUT2D eigenvalue weighted by Gasteiger charge is 2.17. The van der Waals surface area contributed by atoms with Crippen molar-refractivity contribution in [2.45, 2.75) is 0 Å². The summed E-state index contributed by atoms with van der Waals surface area (Å²) in [4.78, 5) is 11.6. The number of hydrogen-bond acceptors (Lipinski definition) is 4. The SMILES string of the molecule is O=C(O)c1ccccc1C(=Cn1cnnn1)c1ccc(Cl)cc1Cl. The van der Waals surface area contributed by atoms with Crippen molar-refractivity contribution in [1.82, 2.24) is 20.2 Å². The summed E-state index contributed by atoms with van der Waals surface area (Å²) in [6, 6.07) is 11.6. The summed E-state index contributed by atoms with van der Waals surface area (Å²) >= 11 is 12.3. The van der Waals surface area contributed by atoms with E-state index in [0.29, 0.717) is 26.7 Å². The second kappa shape index (κ2) is 6.82. The lowest BCUT2D eigenvalue weighted by molar-refractivity contribution is 0.0696. The highest BCUT2D eigenvalue weighted by atomic mass is 35.5. The minimum Gasteiger partial charge on any atom is -0.478 e. The molecule has 1 aromatic heterocycles. The van der Waals surface area contributed by atoms with Gasteiger partial charge in [0.05, 0.1) is 5.56 Å². The van der Waals surface area contributed by atoms with Crippen LogP contribution in [0, 0.1) is 0 Å². The van der Waals surface area contributed by atoms with Gasteiger partial charge in [0.2, 0.25) is 0 Å². The maximum atomic E-state index is 11.6. The third-order valence-corrected chi connectivity index (χ3v) is 3.84. The molecule has 3 rings (SSSR count). The number of carboxylic acids is 1. The van der Waals surface area contributed by atoms with Crippen LogP contribution in [0.1, 0.15) is 21.5 Å². The van der Waals surface area contributed by atoms with Crippen molar-refractivity contribution in [2.24, 2.45) is 0 Å². The van der Waals surface area contributed by atoms with Crippen molar-refractivity contribution in [3.05, 3.63) is 75.5 Å². The molecular weight excluding hydrogens is 351 g/mol. The lowest BCUT2D eigenvalue weighted by Crippen LogP contribution is -2.04. The van der Waals surface area contributed by atoms with Gasteiger partial charge in [-0.25, -0.2) is 9.48 Å². The molecule has 0 fully saturated rings. The number of aromatic carboxylic acids is 1. The molecule has 0 radical (unpaired) electrons. The number of rotatable bonds is 4. The van der Waals surface area contributed by atoms with Crippen LogP contribution in [0.5, 0.6) is 0 Å². The molecule has 2 aromatic carbocycles. The second-order valence-corrected chi connectivity index (χ2v) is 5.65. The Bertz CT molecular complexity index is 924. The molecule has 120 valence electrons. The summed E-state index contributed by atoms with van der Waals surface area (Å²) in [5.74, 6) is -1.04. The number of carbonyl (C=O) groups is 1. The number of benzene rings is 2. The topological polar surface area (TPSA) is 80.9 Å². The van der Waals surface area contributed by atoms with Gasteiger partial charge in [-0.1, -0.05) is 47.5 Å². The predicted molar refractivity (Wildman–Crippen MR) is 90.9 cm³/mol. The predicted octanol–water partition coefficient (Wildman–Crippen LogP) is 3.72. The van der Waals surface area contributed by atoms with Crippen LogP contribution in [0.3, 0.4) is 0 Å². The number of nitrogens with zero attached hydrogens (tertiary/aromatic N) is 4. The fourth-order valence-corrected chi connectivity index (χ4v) is 2.77. The van der Waals surface area contributed by atoms with Crippen LogP contribution < -0.4 is 0 Å². The Morgan fingerprint density at radius 1 is 1.08 bits per heavy atom. The molecule has 0 saturated carbocycles. The summed E-state index contributed by atoms with van der Waals surface area (Å²) in [7, 11) is 0. The van der Waals surface area contributed by atoms with E-state index in [1.54, 1.807) is 42.6 Å². The van der Waals surface area contributed by atoms with Crippen LogP contribution >= 0.6 is 23.2 Å². The molecule has 0 aliphatic rings. The van der Waals surface area contributed by atoms with E-state index < -0.39 is 5.97 Å². The highest BCUT2D eigenvalue weighted by molar-refractivity contribution is 6.36. The van der Waals surface area contributed by atoms with Gasteiger partial charge in [0.25, 0.3) is 0 Å². The van der Waals surface area contributed by atoms with Gasteiger partial charge in [-0.15, -0.1) is 5.10 Å². The summed E-state index contributed by atoms with van der Waals surface area (Å²) in [6.07, 6.45) is 3.00. The van der Waals surface area contributed by atoms with Gasteiger partial charge in [-0.2, -0.15) is 0 Å². The molecule has 0 saturated heterocycles. The quantitative estimate of drug-likeness (QED) is 0.766. The molecule has 0 aliphatic carbocycles. The van der Waals surface area contributed by atoms with Crippen LogP contribution in [0.25, 0.3) is 11.8 Å². The third-order valence-electron chi connectivity index (χ3n) is 3.30. The molecule has 0 spiro atoms. The summed E-state index contributed by atoms with van der Waals surface area (Å²) < 4.78 is 1.37. The Morgan fingerprint density at radius 3 is 2.46 bits per heavy atom. The van der Waals surface area contributed by atoms with Gasteiger partial charge >= 0.3 is 5.97 Å². The van der Waals surface area contributed by atoms with Gasteiger partial charge in [-0.3, -0.25) is 0 Å². The summed E-state index contributed by atoms with van der Waals surface area (Å²) in [5.41, 5.74) is 1.81. The molecule has 1 N–H and O–H groups in total. The molecule has 6 nitrogen and oxygen atoms in total. The summed E-state index contributed by atoms with van der Waals surface area (Å²) in [6.45, 7) is 0. The lowest BCUT2D eigenvalue weighted by atomic mass is 9.94. The molecule has 8 heteroatoms. The zero-order valence-electron chi connectivity index (χ0n) is 12.1. The van der Waals surface area contributed by atoms with E-state index in [9.17, 15) is 9.90 Å². The molecular formula is C16H10Cl2N4O2. The Balaban J connectivity index is 2.26. The van der Waals surface area contributed by atoms with Crippen molar-refractivity contribution in [3.8, 4) is 0 Å². The van der Waals surface area contributed by atoms with Crippen molar-refractivity contribution >= 4 is 40.9 Å². The Kier molecular flexibility index (Phi) is 4.59. The van der Waals surface area contributed by atoms with Crippen LogP contribution in [0.4, 0.5) is 0 Å². The second-order valence-electron chi connectivity index (χ2n) is 4.81. The number of carboxylic acid groups (broad SMARTS) is 1. The number of hydrogen-bond donors (Lipinski definition) is 1. The van der Waals surface area contributed by atoms with E-state index in [2.05, 4.69) is 15.5 Å². The van der Waals surface area contributed by atoms with E-state index >= 15 is 0 Å². The van der Waals surface area contributed by atoms with Gasteiger partial charge in [0, 0.05) is 27.4 Å². The van der Waals surface area contributed by atoms with E-state index in [0.717, 1.165) is 0 Å². The van der Waals surface area contributed by atoms with Crippen molar-refractivity contribution in [3.63, 3.8) is 0 Å². The number of aromatic nitrogens is 4. The minimum atomic E-state index is -1.04. The number of halogens is 2. The molecule has 0 aliphatic heterocycles. The van der Waals surface area contributed by atoms with E-state index in [-0.39, 0.29) is 5.56 Å². The molecule has 0 bridgehead atoms. The highest BCUT2D eigenvalue weighted by Crippen LogP contribution is 2.33. The van der Waals surface area contributed by atoms with E-state index in [1.807, 2.05) is 0 Å². The van der Waals surface area contributed by atoms with Crippen LogP contribution in [0.15, 0.2) is 48.8 Å². The molecule has 0 unspecified atom stereocenters. The number of tetrazole rings is 1. The smallest absolute Gasteiger partial charge is 0.336 e. The first kappa shape index (κ1) is 16.2. The minimum absolute atomic E-state index is 0.142. The van der Waals surface area contributed by atoms with Crippen molar-refractivity contribution < 1.29 is 9.90 Å². The normalized spacial score (nSPS) is 11.5. The molecule has 24 heavy (non-hydrogen) atoms. The molecule has 0 atom stereocenters. The average molecular weight is 361 g/mol. The Labute approximate surface area is 146 Å². The fraction of sp³-hybridized carbons (Fsp3) is 0. The van der Waals surface area contributed by atoms with Crippen LogP contribution in [-0.4, -0.2) is 31.3 Å². The Hall–Kier alpha value is -2.70. The van der Waals surface area contributed by atoms with Gasteiger partial charge in [-0.05, 0) is 34.2 Å². The molecule has 3 aromatic rings. The first-order chi connectivity index (χ1) is 11.6. The summed E-state index contributed by atoms with van der Waals surface area (Å²) in [5, 5.41) is 21.3. The standard InChI is InChI=1S/C16H10Cl2N4O2/c17-10-5-6-12(15(18)7-10)14(8-22-9-19-20-21-22)11-3-1-2-4-13(11)16(23)24/h1-9H,(H,23,24). The largest absolute Gasteiger partial charge is 0.478 e. The molecule has 1 heterocycles. The van der Waals surface area contributed by atoms with E-state index in [4.69, 9.17) is 23.2 Å². The maximum absolute atomic E-state index is 11.6. The lowest BCUT2D eigenvalue weighted by Gasteiger charge is -2.13. The van der Waals surface area contributed by atoms with Crippen molar-refractivity contribution in [1.29, 1.82) is 0 Å². The maximum Gasteiger partial charge on any atom is 0.336 e. The first-order valence-corrected chi connectivity index (χ1v) is 7.54. The van der Waals surface area contributed by atoms with Crippen LogP contribution in [0.2, 0.25) is 10.0 Å². The monoisotopic (exact) mass is 360 g/mol. The zero-order chi connectivity index (χ0) is 17.1. The first-order valence-electron chi connectivity index (χ1n) is 6.78. The van der Waals surface area contributed by atoms with Gasteiger partial charge in [0.15, 0.2) is 0 Å². The third kappa shape index (κ3) is 3.29. The Morgan fingerprint density at radius 2 is 1.83 bits per heavy atom. The van der Waals surface area contributed by atoms with E-state index in [1.165, 1.54) is 17.1 Å². The molecule has 0 amide bonds.